The first kappa shape index (κ1) is 30.0. The minimum Gasteiger partial charge on any atom is -0.475 e. The number of thiophene rings is 1. The van der Waals surface area contributed by atoms with Gasteiger partial charge in [0.05, 0.1) is 5.41 Å². The van der Waals surface area contributed by atoms with Crippen molar-refractivity contribution in [2.75, 3.05) is 19.6 Å². The fourth-order valence-corrected chi connectivity index (χ4v) is 4.60. The van der Waals surface area contributed by atoms with E-state index >= 15 is 0 Å². The second-order valence-electron chi connectivity index (χ2n) is 8.26. The van der Waals surface area contributed by atoms with Gasteiger partial charge in [-0.15, -0.1) is 11.3 Å². The Labute approximate surface area is 211 Å². The number of amides is 1. The minimum absolute atomic E-state index is 0.139. The molecule has 2 aliphatic rings. The van der Waals surface area contributed by atoms with Crippen molar-refractivity contribution in [1.29, 1.82) is 0 Å². The number of alkyl halides is 6. The SMILES string of the molecule is O=C(O)C(F)(F)F.O=C(O)C(F)(F)F.O=C1N(Cc2cccnc2)CCC12CCN(Cc1cccs1)C2. The van der Waals surface area contributed by atoms with E-state index < -0.39 is 24.3 Å². The average molecular weight is 555 g/mol. The monoisotopic (exact) mass is 555 g/mol. The largest absolute Gasteiger partial charge is 0.490 e. The number of pyridine rings is 1. The van der Waals surface area contributed by atoms with E-state index in [0.717, 1.165) is 44.6 Å². The summed E-state index contributed by atoms with van der Waals surface area (Å²) in [5.74, 6) is -5.17. The van der Waals surface area contributed by atoms with Gasteiger partial charge in [-0.3, -0.25) is 14.7 Å². The van der Waals surface area contributed by atoms with Crippen LogP contribution in [0.15, 0.2) is 42.0 Å². The van der Waals surface area contributed by atoms with Crippen LogP contribution in [0.25, 0.3) is 0 Å². The van der Waals surface area contributed by atoms with Crippen molar-refractivity contribution in [3.8, 4) is 0 Å². The molecular formula is C22H23F6N3O5S. The lowest BCUT2D eigenvalue weighted by molar-refractivity contribution is -0.193. The Bertz CT molecular complexity index is 1030. The third kappa shape index (κ3) is 9.00. The smallest absolute Gasteiger partial charge is 0.475 e. The molecule has 0 aliphatic carbocycles. The lowest BCUT2D eigenvalue weighted by Gasteiger charge is -2.23. The summed E-state index contributed by atoms with van der Waals surface area (Å²) in [6.45, 7) is 4.49. The summed E-state index contributed by atoms with van der Waals surface area (Å²) < 4.78 is 63.5. The van der Waals surface area contributed by atoms with Gasteiger partial charge in [0.25, 0.3) is 0 Å². The molecule has 0 aromatic carbocycles. The van der Waals surface area contributed by atoms with Gasteiger partial charge in [-0.25, -0.2) is 9.59 Å². The minimum atomic E-state index is -5.08. The number of carbonyl (C=O) groups excluding carboxylic acids is 1. The summed E-state index contributed by atoms with van der Waals surface area (Å²) in [6.07, 6.45) is -4.54. The molecule has 0 radical (unpaired) electrons. The van der Waals surface area contributed by atoms with E-state index in [2.05, 4.69) is 27.4 Å². The fourth-order valence-electron chi connectivity index (χ4n) is 3.85. The molecule has 4 rings (SSSR count). The van der Waals surface area contributed by atoms with Gasteiger partial charge >= 0.3 is 24.3 Å². The third-order valence-corrected chi connectivity index (χ3v) is 6.44. The van der Waals surface area contributed by atoms with Crippen LogP contribution in [0.4, 0.5) is 26.3 Å². The second kappa shape index (κ2) is 12.4. The predicted molar refractivity (Wildman–Crippen MR) is 118 cm³/mol. The third-order valence-electron chi connectivity index (χ3n) is 5.57. The van der Waals surface area contributed by atoms with Gasteiger partial charge in [-0.05, 0) is 42.5 Å². The molecule has 2 aromatic heterocycles. The van der Waals surface area contributed by atoms with Crippen LogP contribution in [0.1, 0.15) is 23.3 Å². The summed E-state index contributed by atoms with van der Waals surface area (Å²) in [7, 11) is 0. The number of halogens is 6. The Morgan fingerprint density at radius 2 is 1.57 bits per heavy atom. The lowest BCUT2D eigenvalue weighted by Crippen LogP contribution is -2.36. The first-order chi connectivity index (χ1) is 17.1. The number of aliphatic carboxylic acids is 2. The van der Waals surface area contributed by atoms with Crippen LogP contribution in [0.5, 0.6) is 0 Å². The highest BCUT2D eigenvalue weighted by Crippen LogP contribution is 2.41. The molecule has 1 amide bonds. The number of aromatic nitrogens is 1. The Hall–Kier alpha value is -3.20. The van der Waals surface area contributed by atoms with Gasteiger partial charge in [0.2, 0.25) is 5.91 Å². The zero-order valence-electron chi connectivity index (χ0n) is 19.1. The van der Waals surface area contributed by atoms with Gasteiger partial charge < -0.3 is 15.1 Å². The lowest BCUT2D eigenvalue weighted by atomic mass is 9.85. The highest BCUT2D eigenvalue weighted by molar-refractivity contribution is 7.09. The summed E-state index contributed by atoms with van der Waals surface area (Å²) in [5, 5.41) is 16.4. The molecule has 2 aliphatic heterocycles. The molecule has 1 atom stereocenters. The van der Waals surface area contributed by atoms with Crippen LogP contribution in [0.3, 0.4) is 0 Å². The van der Waals surface area contributed by atoms with Crippen molar-refractivity contribution in [3.63, 3.8) is 0 Å². The molecule has 0 bridgehead atoms. The van der Waals surface area contributed by atoms with Crippen molar-refractivity contribution in [3.05, 3.63) is 52.5 Å². The molecule has 2 fully saturated rings. The number of carboxylic acid groups (broad SMARTS) is 2. The number of hydrogen-bond donors (Lipinski definition) is 2. The van der Waals surface area contributed by atoms with Crippen molar-refractivity contribution >= 4 is 29.2 Å². The zero-order valence-corrected chi connectivity index (χ0v) is 19.9. The maximum absolute atomic E-state index is 13.0. The first-order valence-electron chi connectivity index (χ1n) is 10.7. The molecule has 0 saturated carbocycles. The first-order valence-corrected chi connectivity index (χ1v) is 11.6. The van der Waals surface area contributed by atoms with Crippen LogP contribution in [-0.4, -0.2) is 74.8 Å². The van der Waals surface area contributed by atoms with E-state index in [-0.39, 0.29) is 5.41 Å². The van der Waals surface area contributed by atoms with Crippen molar-refractivity contribution in [1.82, 2.24) is 14.8 Å². The van der Waals surface area contributed by atoms with E-state index in [9.17, 15) is 31.1 Å². The number of likely N-dealkylation sites (tertiary alicyclic amines) is 2. The van der Waals surface area contributed by atoms with E-state index in [1.165, 1.54) is 4.88 Å². The number of carbonyl (C=O) groups is 3. The average Bonchev–Trinajstić information content (AvgIpc) is 3.53. The molecule has 1 unspecified atom stereocenters. The van der Waals surface area contributed by atoms with Crippen LogP contribution in [-0.2, 0) is 27.5 Å². The van der Waals surface area contributed by atoms with Crippen molar-refractivity contribution in [2.24, 2.45) is 5.41 Å². The van der Waals surface area contributed by atoms with Gasteiger partial charge in [0, 0.05) is 43.4 Å². The van der Waals surface area contributed by atoms with Crippen LogP contribution >= 0.6 is 11.3 Å². The summed E-state index contributed by atoms with van der Waals surface area (Å²) in [6, 6.07) is 8.26. The zero-order chi connectivity index (χ0) is 27.9. The molecule has 2 N–H and O–H groups in total. The molecule has 204 valence electrons. The molecule has 1 spiro atoms. The Morgan fingerprint density at radius 3 is 2.05 bits per heavy atom. The van der Waals surface area contributed by atoms with E-state index in [4.69, 9.17) is 19.8 Å². The van der Waals surface area contributed by atoms with Crippen molar-refractivity contribution in [2.45, 2.75) is 38.3 Å². The highest BCUT2D eigenvalue weighted by atomic mass is 32.1. The predicted octanol–water partition coefficient (Wildman–Crippen LogP) is 4.03. The maximum atomic E-state index is 13.0. The number of rotatable bonds is 4. The number of hydrogen-bond acceptors (Lipinski definition) is 6. The maximum Gasteiger partial charge on any atom is 0.490 e. The standard InChI is InChI=1S/C18H21N3OS.2C2HF3O2/c22-17-18(5-8-20(14-18)13-16-4-2-10-23-16)6-9-21(17)12-15-3-1-7-19-11-15;2*3-2(4,5)1(6)7/h1-4,7,10-11H,5-6,8-9,12-14H2;2*(H,6,7). The summed E-state index contributed by atoms with van der Waals surface area (Å²) in [4.78, 5) is 40.8. The summed E-state index contributed by atoms with van der Waals surface area (Å²) in [5.41, 5.74) is 0.978. The Morgan fingerprint density at radius 1 is 0.973 bits per heavy atom. The highest BCUT2D eigenvalue weighted by Gasteiger charge is 2.50. The van der Waals surface area contributed by atoms with E-state index in [1.54, 1.807) is 17.5 Å². The molecule has 2 saturated heterocycles. The molecular weight excluding hydrogens is 532 g/mol. The van der Waals surface area contributed by atoms with Crippen LogP contribution in [0, 0.1) is 5.41 Å². The molecule has 8 nitrogen and oxygen atoms in total. The van der Waals surface area contributed by atoms with Crippen LogP contribution < -0.4 is 0 Å². The molecule has 4 heterocycles. The molecule has 2 aromatic rings. The van der Waals surface area contributed by atoms with Crippen molar-refractivity contribution < 1.29 is 50.9 Å². The van der Waals surface area contributed by atoms with Crippen LogP contribution in [0.2, 0.25) is 0 Å². The van der Waals surface area contributed by atoms with Gasteiger partial charge in [0.1, 0.15) is 0 Å². The summed E-state index contributed by atoms with van der Waals surface area (Å²) >= 11 is 1.80. The Kier molecular flexibility index (Phi) is 10.0. The topological polar surface area (TPSA) is 111 Å². The molecule has 15 heteroatoms. The van der Waals surface area contributed by atoms with E-state index in [1.807, 2.05) is 23.2 Å². The molecule has 37 heavy (non-hydrogen) atoms. The Balaban J connectivity index is 0.000000286. The normalized spacial score (nSPS) is 19.7. The second-order valence-corrected chi connectivity index (χ2v) is 9.30. The van der Waals surface area contributed by atoms with Gasteiger partial charge in [-0.1, -0.05) is 12.1 Å². The van der Waals surface area contributed by atoms with E-state index in [0.29, 0.717) is 12.5 Å². The number of nitrogens with zero attached hydrogens (tertiary/aromatic N) is 3. The number of carboxylic acids is 2. The van der Waals surface area contributed by atoms with Gasteiger partial charge in [-0.2, -0.15) is 26.3 Å². The fraction of sp³-hybridized carbons (Fsp3) is 0.455. The quantitative estimate of drug-likeness (QED) is 0.548. The van der Waals surface area contributed by atoms with Gasteiger partial charge in [0.15, 0.2) is 0 Å².